The zero-order valence-electron chi connectivity index (χ0n) is 10.9. The summed E-state index contributed by atoms with van der Waals surface area (Å²) in [7, 11) is 0. The third-order valence-electron chi connectivity index (χ3n) is 2.53. The van der Waals surface area contributed by atoms with Crippen molar-refractivity contribution in [1.82, 2.24) is 4.98 Å². The van der Waals surface area contributed by atoms with Gasteiger partial charge in [0, 0.05) is 11.4 Å². The van der Waals surface area contributed by atoms with Gasteiger partial charge in [0.2, 0.25) is 0 Å². The predicted molar refractivity (Wildman–Crippen MR) is 75.0 cm³/mol. The summed E-state index contributed by atoms with van der Waals surface area (Å²) in [4.78, 5) is 16.1. The van der Waals surface area contributed by atoms with Gasteiger partial charge in [0.25, 0.3) is 5.91 Å². The number of ether oxygens (including phenoxy) is 1. The number of hydrogen-bond acceptors (Lipinski definition) is 3. The van der Waals surface area contributed by atoms with Crippen molar-refractivity contribution < 1.29 is 18.3 Å². The number of rotatable bonds is 4. The van der Waals surface area contributed by atoms with Crippen molar-refractivity contribution in [1.29, 1.82) is 0 Å². The number of amides is 1. The number of carbonyl (C=O) groups excluding carboxylic acids is 1. The summed E-state index contributed by atoms with van der Waals surface area (Å²) in [5.74, 6) is -0.573. The van der Waals surface area contributed by atoms with Gasteiger partial charge in [0.05, 0.1) is 5.02 Å². The van der Waals surface area contributed by atoms with Crippen LogP contribution >= 0.6 is 11.6 Å². The van der Waals surface area contributed by atoms with Crippen LogP contribution in [0.5, 0.6) is 5.75 Å². The maximum absolute atomic E-state index is 12.1. The topological polar surface area (TPSA) is 51.2 Å². The Hall–Kier alpha value is -2.21. The Morgan fingerprint density at radius 2 is 2.10 bits per heavy atom. The molecular formula is C14H11ClF2N2O2. The highest BCUT2D eigenvalue weighted by Crippen LogP contribution is 2.29. The van der Waals surface area contributed by atoms with Gasteiger partial charge in [-0.2, -0.15) is 8.78 Å². The first-order chi connectivity index (χ1) is 9.95. The number of nitrogens with one attached hydrogen (secondary N) is 1. The maximum Gasteiger partial charge on any atom is 0.387 e. The van der Waals surface area contributed by atoms with Crippen LogP contribution in [-0.4, -0.2) is 17.5 Å². The van der Waals surface area contributed by atoms with E-state index in [4.69, 9.17) is 11.6 Å². The number of carbonyl (C=O) groups is 1. The number of nitrogens with zero attached hydrogens (tertiary/aromatic N) is 1. The van der Waals surface area contributed by atoms with Crippen LogP contribution in [0.3, 0.4) is 0 Å². The van der Waals surface area contributed by atoms with Crippen molar-refractivity contribution in [2.45, 2.75) is 13.5 Å². The molecule has 1 aromatic heterocycles. The molecule has 0 fully saturated rings. The number of benzene rings is 1. The molecule has 0 aliphatic heterocycles. The number of aryl methyl sites for hydroxylation is 1. The molecule has 4 nitrogen and oxygen atoms in total. The average molecular weight is 313 g/mol. The molecule has 0 aliphatic carbocycles. The van der Waals surface area contributed by atoms with E-state index < -0.39 is 12.5 Å². The number of anilines is 1. The second kappa shape index (κ2) is 6.49. The molecule has 2 rings (SSSR count). The van der Waals surface area contributed by atoms with Gasteiger partial charge in [-0.15, -0.1) is 0 Å². The summed E-state index contributed by atoms with van der Waals surface area (Å²) < 4.78 is 28.4. The first kappa shape index (κ1) is 15.2. The summed E-state index contributed by atoms with van der Waals surface area (Å²) in [6.45, 7) is -1.19. The normalized spacial score (nSPS) is 10.5. The van der Waals surface area contributed by atoms with Crippen molar-refractivity contribution in [3.63, 3.8) is 0 Å². The lowest BCUT2D eigenvalue weighted by molar-refractivity contribution is -0.0497. The molecule has 0 unspecified atom stereocenters. The molecule has 1 N–H and O–H groups in total. The van der Waals surface area contributed by atoms with Crippen LogP contribution in [-0.2, 0) is 0 Å². The maximum atomic E-state index is 12.1. The lowest BCUT2D eigenvalue weighted by Gasteiger charge is -2.09. The molecule has 1 aromatic carbocycles. The highest BCUT2D eigenvalue weighted by Gasteiger charge is 2.11. The van der Waals surface area contributed by atoms with Crippen LogP contribution < -0.4 is 10.1 Å². The lowest BCUT2D eigenvalue weighted by atomic mass is 10.2. The third-order valence-corrected chi connectivity index (χ3v) is 2.82. The first-order valence-electron chi connectivity index (χ1n) is 5.95. The van der Waals surface area contributed by atoms with Gasteiger partial charge < -0.3 is 10.1 Å². The summed E-state index contributed by atoms with van der Waals surface area (Å²) in [6, 6.07) is 9.05. The molecule has 0 spiro atoms. The molecule has 0 atom stereocenters. The van der Waals surface area contributed by atoms with Crippen molar-refractivity contribution in [2.24, 2.45) is 0 Å². The monoisotopic (exact) mass is 312 g/mol. The standard InChI is InChI=1S/C14H11ClF2N2O2/c1-8-3-2-4-11(18-8)13(20)19-9-5-6-12(10(15)7-9)21-14(16)17/h2-7,14H,1H3,(H,19,20). The zero-order chi connectivity index (χ0) is 15.4. The van der Waals surface area contributed by atoms with Crippen LogP contribution in [0.1, 0.15) is 16.2 Å². The van der Waals surface area contributed by atoms with Crippen molar-refractivity contribution in [3.05, 3.63) is 52.8 Å². The average Bonchev–Trinajstić information content (AvgIpc) is 2.41. The SMILES string of the molecule is Cc1cccc(C(=O)Nc2ccc(OC(F)F)c(Cl)c2)n1. The minimum Gasteiger partial charge on any atom is -0.433 e. The van der Waals surface area contributed by atoms with E-state index in [1.165, 1.54) is 18.2 Å². The Morgan fingerprint density at radius 1 is 1.33 bits per heavy atom. The van der Waals surface area contributed by atoms with E-state index in [-0.39, 0.29) is 16.5 Å². The van der Waals surface area contributed by atoms with Gasteiger partial charge in [-0.25, -0.2) is 4.98 Å². The van der Waals surface area contributed by atoms with Gasteiger partial charge in [-0.1, -0.05) is 17.7 Å². The fraction of sp³-hybridized carbons (Fsp3) is 0.143. The highest BCUT2D eigenvalue weighted by molar-refractivity contribution is 6.32. The second-order valence-electron chi connectivity index (χ2n) is 4.14. The summed E-state index contributed by atoms with van der Waals surface area (Å²) in [5.41, 5.74) is 1.32. The smallest absolute Gasteiger partial charge is 0.387 e. The van der Waals surface area contributed by atoms with Crippen LogP contribution in [0.25, 0.3) is 0 Å². The Kier molecular flexibility index (Phi) is 4.70. The van der Waals surface area contributed by atoms with Crippen molar-refractivity contribution >= 4 is 23.2 Å². The number of alkyl halides is 2. The van der Waals surface area contributed by atoms with E-state index in [0.29, 0.717) is 11.4 Å². The first-order valence-corrected chi connectivity index (χ1v) is 6.33. The van der Waals surface area contributed by atoms with Gasteiger partial charge in [0.15, 0.2) is 0 Å². The molecule has 0 saturated heterocycles. The zero-order valence-corrected chi connectivity index (χ0v) is 11.7. The van der Waals surface area contributed by atoms with E-state index in [1.54, 1.807) is 25.1 Å². The van der Waals surface area contributed by atoms with E-state index in [0.717, 1.165) is 0 Å². The quantitative estimate of drug-likeness (QED) is 0.931. The predicted octanol–water partition coefficient (Wildman–Crippen LogP) is 3.90. The van der Waals surface area contributed by atoms with Gasteiger partial charge in [-0.3, -0.25) is 4.79 Å². The molecular weight excluding hydrogens is 302 g/mol. The number of aromatic nitrogens is 1. The Balaban J connectivity index is 2.13. The fourth-order valence-electron chi connectivity index (χ4n) is 1.63. The minimum atomic E-state index is -2.96. The lowest BCUT2D eigenvalue weighted by Crippen LogP contribution is -2.14. The van der Waals surface area contributed by atoms with Gasteiger partial charge in [0.1, 0.15) is 11.4 Å². The summed E-state index contributed by atoms with van der Waals surface area (Å²) in [6.07, 6.45) is 0. The van der Waals surface area contributed by atoms with Crippen LogP contribution in [0.15, 0.2) is 36.4 Å². The molecule has 21 heavy (non-hydrogen) atoms. The molecule has 0 radical (unpaired) electrons. The van der Waals surface area contributed by atoms with Crippen molar-refractivity contribution in [2.75, 3.05) is 5.32 Å². The largest absolute Gasteiger partial charge is 0.433 e. The molecule has 1 amide bonds. The highest BCUT2D eigenvalue weighted by atomic mass is 35.5. The van der Waals surface area contributed by atoms with Gasteiger partial charge in [-0.05, 0) is 37.3 Å². The number of halogens is 3. The van der Waals surface area contributed by atoms with E-state index in [9.17, 15) is 13.6 Å². The molecule has 110 valence electrons. The molecule has 7 heteroatoms. The number of hydrogen-bond donors (Lipinski definition) is 1. The fourth-order valence-corrected chi connectivity index (χ4v) is 1.86. The minimum absolute atomic E-state index is 0.0229. The second-order valence-corrected chi connectivity index (χ2v) is 4.55. The molecule has 0 aliphatic rings. The van der Waals surface area contributed by atoms with Crippen LogP contribution in [0, 0.1) is 6.92 Å². The third kappa shape index (κ3) is 4.13. The summed E-state index contributed by atoms with van der Waals surface area (Å²) in [5, 5.41) is 2.55. The van der Waals surface area contributed by atoms with Gasteiger partial charge >= 0.3 is 6.61 Å². The number of pyridine rings is 1. The molecule has 0 saturated carbocycles. The van der Waals surface area contributed by atoms with E-state index >= 15 is 0 Å². The molecule has 0 bridgehead atoms. The van der Waals surface area contributed by atoms with E-state index in [1.807, 2.05) is 0 Å². The summed E-state index contributed by atoms with van der Waals surface area (Å²) >= 11 is 5.80. The molecule has 1 heterocycles. The van der Waals surface area contributed by atoms with E-state index in [2.05, 4.69) is 15.0 Å². The Bertz CT molecular complexity index is 665. The van der Waals surface area contributed by atoms with Crippen molar-refractivity contribution in [3.8, 4) is 5.75 Å². The molecule has 2 aromatic rings. The van der Waals surface area contributed by atoms with Crippen LogP contribution in [0.4, 0.5) is 14.5 Å². The Labute approximate surface area is 124 Å². The van der Waals surface area contributed by atoms with Crippen LogP contribution in [0.2, 0.25) is 5.02 Å². The Morgan fingerprint density at radius 3 is 2.71 bits per heavy atom.